The zero-order valence-corrected chi connectivity index (χ0v) is 11.9. The van der Waals surface area contributed by atoms with Crippen molar-refractivity contribution in [1.29, 1.82) is 0 Å². The maximum atomic E-state index is 11.0. The van der Waals surface area contributed by atoms with Gasteiger partial charge in [-0.1, -0.05) is 12.2 Å². The maximum absolute atomic E-state index is 11.0. The lowest BCUT2D eigenvalue weighted by Gasteiger charge is -2.26. The molecule has 6 heteroatoms. The van der Waals surface area contributed by atoms with Crippen molar-refractivity contribution in [3.05, 3.63) is 0 Å². The van der Waals surface area contributed by atoms with E-state index in [1.54, 1.807) is 0 Å². The first-order chi connectivity index (χ1) is 7.22. The van der Waals surface area contributed by atoms with E-state index >= 15 is 0 Å². The second-order valence-corrected chi connectivity index (χ2v) is 7.11. The first-order valence-corrected chi connectivity index (χ1v) is 7.89. The van der Waals surface area contributed by atoms with Crippen molar-refractivity contribution in [3.63, 3.8) is 0 Å². The van der Waals surface area contributed by atoms with Crippen molar-refractivity contribution in [3.8, 4) is 0 Å². The molecule has 0 saturated heterocycles. The molecule has 0 heterocycles. The number of thiocarbonyl (C=S) groups is 1. The predicted molar refractivity (Wildman–Crippen MR) is 72.4 cm³/mol. The van der Waals surface area contributed by atoms with E-state index in [9.17, 15) is 8.42 Å². The highest BCUT2D eigenvalue weighted by molar-refractivity contribution is 7.90. The Hall–Kier alpha value is -0.200. The number of hydrogen-bond donors (Lipinski definition) is 1. The van der Waals surface area contributed by atoms with Crippen LogP contribution in [0.5, 0.6) is 0 Å². The second kappa shape index (κ2) is 7.19. The van der Waals surface area contributed by atoms with E-state index in [1.165, 1.54) is 6.26 Å². The Balaban J connectivity index is 4.00. The Morgan fingerprint density at radius 3 is 2.31 bits per heavy atom. The molecule has 0 saturated carbocycles. The van der Waals surface area contributed by atoms with Crippen LogP contribution in [-0.2, 0) is 9.84 Å². The van der Waals surface area contributed by atoms with E-state index in [0.29, 0.717) is 23.9 Å². The van der Waals surface area contributed by atoms with E-state index in [2.05, 4.69) is 18.7 Å². The Morgan fingerprint density at radius 2 is 1.94 bits per heavy atom. The van der Waals surface area contributed by atoms with Crippen LogP contribution in [0.4, 0.5) is 0 Å². The van der Waals surface area contributed by atoms with Gasteiger partial charge in [0.05, 0.1) is 10.7 Å². The standard InChI is InChI=1S/C10H22N2O2S2/c1-9(2)12(7-5-10(11)15)6-4-8-16(3,13)14/h9H,4-8H2,1-3H3,(H2,11,15). The topological polar surface area (TPSA) is 63.4 Å². The van der Waals surface area contributed by atoms with E-state index in [4.69, 9.17) is 18.0 Å². The van der Waals surface area contributed by atoms with Gasteiger partial charge in [0, 0.05) is 25.3 Å². The van der Waals surface area contributed by atoms with Gasteiger partial charge in [0.25, 0.3) is 0 Å². The Bertz CT molecular complexity index is 313. The molecular formula is C10H22N2O2S2. The van der Waals surface area contributed by atoms with Gasteiger partial charge in [-0.25, -0.2) is 8.42 Å². The third kappa shape index (κ3) is 9.06. The predicted octanol–water partition coefficient (Wildman–Crippen LogP) is 0.808. The molecule has 0 amide bonds. The number of hydrogen-bond acceptors (Lipinski definition) is 4. The third-order valence-electron chi connectivity index (χ3n) is 2.34. The molecule has 0 aromatic heterocycles. The van der Waals surface area contributed by atoms with E-state index in [1.807, 2.05) is 0 Å². The fraction of sp³-hybridized carbons (Fsp3) is 0.900. The third-order valence-corrected chi connectivity index (χ3v) is 3.57. The van der Waals surface area contributed by atoms with E-state index < -0.39 is 9.84 Å². The molecule has 96 valence electrons. The average Bonchev–Trinajstić information content (AvgIpc) is 2.07. The molecule has 0 aliphatic carbocycles. The number of nitrogens with two attached hydrogens (primary N) is 1. The molecule has 4 nitrogen and oxygen atoms in total. The Kier molecular flexibility index (Phi) is 7.10. The summed E-state index contributed by atoms with van der Waals surface area (Å²) in [4.78, 5) is 2.71. The largest absolute Gasteiger partial charge is 0.393 e. The zero-order chi connectivity index (χ0) is 12.8. The minimum atomic E-state index is -2.85. The van der Waals surface area contributed by atoms with Gasteiger partial charge in [0.1, 0.15) is 9.84 Å². The average molecular weight is 266 g/mol. The van der Waals surface area contributed by atoms with Crippen LogP contribution in [0, 0.1) is 0 Å². The summed E-state index contributed by atoms with van der Waals surface area (Å²) < 4.78 is 22.0. The minimum absolute atomic E-state index is 0.239. The summed E-state index contributed by atoms with van der Waals surface area (Å²) in [6.07, 6.45) is 2.61. The van der Waals surface area contributed by atoms with Gasteiger partial charge in [-0.3, -0.25) is 0 Å². The summed E-state index contributed by atoms with van der Waals surface area (Å²) in [5.41, 5.74) is 5.45. The molecule has 0 radical (unpaired) electrons. The lowest BCUT2D eigenvalue weighted by molar-refractivity contribution is 0.229. The SMILES string of the molecule is CC(C)N(CCCS(C)(=O)=O)CCC(N)=S. The summed E-state index contributed by atoms with van der Waals surface area (Å²) in [6.45, 7) is 5.74. The van der Waals surface area contributed by atoms with Crippen LogP contribution in [0.3, 0.4) is 0 Å². The van der Waals surface area contributed by atoms with Gasteiger partial charge in [0.15, 0.2) is 0 Å². The van der Waals surface area contributed by atoms with Crippen molar-refractivity contribution in [1.82, 2.24) is 4.90 Å². The molecule has 0 aliphatic heterocycles. The molecule has 0 aromatic carbocycles. The van der Waals surface area contributed by atoms with Gasteiger partial charge >= 0.3 is 0 Å². The minimum Gasteiger partial charge on any atom is -0.393 e. The normalized spacial score (nSPS) is 12.3. The highest BCUT2D eigenvalue weighted by Crippen LogP contribution is 2.02. The fourth-order valence-corrected chi connectivity index (χ4v) is 2.16. The summed E-state index contributed by atoms with van der Waals surface area (Å²) >= 11 is 4.83. The van der Waals surface area contributed by atoms with Gasteiger partial charge in [-0.15, -0.1) is 0 Å². The molecule has 0 aromatic rings. The monoisotopic (exact) mass is 266 g/mol. The molecule has 0 rings (SSSR count). The smallest absolute Gasteiger partial charge is 0.147 e. The van der Waals surface area contributed by atoms with Gasteiger partial charge in [-0.2, -0.15) is 0 Å². The second-order valence-electron chi connectivity index (χ2n) is 4.33. The van der Waals surface area contributed by atoms with Crippen LogP contribution in [0.1, 0.15) is 26.7 Å². The van der Waals surface area contributed by atoms with Gasteiger partial charge in [-0.05, 0) is 26.8 Å². The summed E-state index contributed by atoms with van der Waals surface area (Å²) in [5.74, 6) is 0.239. The van der Waals surface area contributed by atoms with Crippen LogP contribution in [0.2, 0.25) is 0 Å². The quantitative estimate of drug-likeness (QED) is 0.659. The molecule has 0 spiro atoms. The fourth-order valence-electron chi connectivity index (χ4n) is 1.41. The van der Waals surface area contributed by atoms with Crippen molar-refractivity contribution in [2.24, 2.45) is 5.73 Å². The molecular weight excluding hydrogens is 244 g/mol. The van der Waals surface area contributed by atoms with Crippen molar-refractivity contribution < 1.29 is 8.42 Å². The number of rotatable bonds is 8. The summed E-state index contributed by atoms with van der Waals surface area (Å²) in [7, 11) is -2.85. The van der Waals surface area contributed by atoms with E-state index in [-0.39, 0.29) is 5.75 Å². The number of nitrogens with zero attached hydrogens (tertiary/aromatic N) is 1. The Morgan fingerprint density at radius 1 is 1.38 bits per heavy atom. The van der Waals surface area contributed by atoms with Crippen LogP contribution in [0.15, 0.2) is 0 Å². The van der Waals surface area contributed by atoms with Crippen LogP contribution in [0.25, 0.3) is 0 Å². The summed E-state index contributed by atoms with van der Waals surface area (Å²) in [5, 5.41) is 0. The van der Waals surface area contributed by atoms with Gasteiger partial charge in [0.2, 0.25) is 0 Å². The molecule has 0 fully saturated rings. The first-order valence-electron chi connectivity index (χ1n) is 5.42. The highest BCUT2D eigenvalue weighted by atomic mass is 32.2. The Labute approximate surface area is 104 Å². The van der Waals surface area contributed by atoms with Crippen LogP contribution < -0.4 is 5.73 Å². The van der Waals surface area contributed by atoms with Crippen molar-refractivity contribution in [2.45, 2.75) is 32.7 Å². The first kappa shape index (κ1) is 15.8. The highest BCUT2D eigenvalue weighted by Gasteiger charge is 2.10. The number of sulfone groups is 1. The van der Waals surface area contributed by atoms with Crippen molar-refractivity contribution in [2.75, 3.05) is 25.1 Å². The van der Waals surface area contributed by atoms with Crippen LogP contribution >= 0.6 is 12.2 Å². The van der Waals surface area contributed by atoms with E-state index in [0.717, 1.165) is 13.1 Å². The lowest BCUT2D eigenvalue weighted by Crippen LogP contribution is -2.35. The molecule has 0 unspecified atom stereocenters. The molecule has 16 heavy (non-hydrogen) atoms. The summed E-state index contributed by atoms with van der Waals surface area (Å²) in [6, 6.07) is 0.383. The molecule has 2 N–H and O–H groups in total. The lowest BCUT2D eigenvalue weighted by atomic mass is 10.2. The zero-order valence-electron chi connectivity index (χ0n) is 10.3. The molecule has 0 bridgehead atoms. The molecule has 0 atom stereocenters. The molecule has 0 aliphatic rings. The van der Waals surface area contributed by atoms with Crippen molar-refractivity contribution >= 4 is 27.0 Å². The van der Waals surface area contributed by atoms with Gasteiger partial charge < -0.3 is 10.6 Å². The maximum Gasteiger partial charge on any atom is 0.147 e. The van der Waals surface area contributed by atoms with Crippen LogP contribution in [-0.4, -0.2) is 49.4 Å².